The smallest absolute Gasteiger partial charge is 0.138 e. The van der Waals surface area contributed by atoms with Crippen molar-refractivity contribution >= 4 is 33.7 Å². The Kier molecular flexibility index (Phi) is 5.90. The summed E-state index contributed by atoms with van der Waals surface area (Å²) in [6.45, 7) is 0.703. The van der Waals surface area contributed by atoms with E-state index < -0.39 is 0 Å². The second-order valence-corrected chi connectivity index (χ2v) is 5.38. The van der Waals surface area contributed by atoms with E-state index in [9.17, 15) is 0 Å². The van der Waals surface area contributed by atoms with E-state index in [0.717, 1.165) is 4.47 Å². The molecule has 0 spiro atoms. The molecule has 6 heteroatoms. The van der Waals surface area contributed by atoms with Gasteiger partial charge < -0.3 is 14.7 Å². The molecule has 0 atom stereocenters. The lowest BCUT2D eigenvalue weighted by Crippen LogP contribution is -2.10. The fraction of sp³-hybridized carbons (Fsp3) is 0.133. The highest BCUT2D eigenvalue weighted by atomic mass is 79.9. The first-order valence-electron chi connectivity index (χ1n) is 6.18. The van der Waals surface area contributed by atoms with Gasteiger partial charge in [-0.25, -0.2) is 0 Å². The Bertz CT molecular complexity index is 634. The van der Waals surface area contributed by atoms with Crippen LogP contribution in [0.2, 0.25) is 5.02 Å². The van der Waals surface area contributed by atoms with Gasteiger partial charge in [0.2, 0.25) is 0 Å². The van der Waals surface area contributed by atoms with E-state index in [4.69, 9.17) is 26.3 Å². The van der Waals surface area contributed by atoms with Crippen LogP contribution < -0.4 is 9.47 Å². The quantitative estimate of drug-likeness (QED) is 0.355. The molecule has 4 nitrogen and oxygen atoms in total. The SMILES string of the molecule is ON=Cc1cc(Br)ccc1OCCOc1ccccc1Cl. The molecule has 110 valence electrons. The van der Waals surface area contributed by atoms with Crippen LogP contribution in [-0.4, -0.2) is 24.6 Å². The molecule has 0 bridgehead atoms. The molecule has 1 N–H and O–H groups in total. The Hall–Kier alpha value is -1.72. The van der Waals surface area contributed by atoms with Crippen LogP contribution in [0, 0.1) is 0 Å². The van der Waals surface area contributed by atoms with Crippen molar-refractivity contribution in [3.8, 4) is 11.5 Å². The van der Waals surface area contributed by atoms with Gasteiger partial charge in [0.15, 0.2) is 0 Å². The minimum atomic E-state index is 0.346. The lowest BCUT2D eigenvalue weighted by atomic mass is 10.2. The molecule has 0 aliphatic rings. The van der Waals surface area contributed by atoms with Gasteiger partial charge in [0.1, 0.15) is 24.7 Å². The lowest BCUT2D eigenvalue weighted by molar-refractivity contribution is 0.217. The maximum absolute atomic E-state index is 8.65. The van der Waals surface area contributed by atoms with Crippen LogP contribution in [0.4, 0.5) is 0 Å². The van der Waals surface area contributed by atoms with Crippen molar-refractivity contribution in [1.82, 2.24) is 0 Å². The topological polar surface area (TPSA) is 51.1 Å². The van der Waals surface area contributed by atoms with E-state index in [1.54, 1.807) is 24.3 Å². The van der Waals surface area contributed by atoms with Crippen LogP contribution in [0.5, 0.6) is 11.5 Å². The zero-order valence-corrected chi connectivity index (χ0v) is 13.3. The first-order valence-corrected chi connectivity index (χ1v) is 7.35. The largest absolute Gasteiger partial charge is 0.489 e. The number of hydrogen-bond acceptors (Lipinski definition) is 4. The zero-order valence-electron chi connectivity index (χ0n) is 11.0. The van der Waals surface area contributed by atoms with Gasteiger partial charge >= 0.3 is 0 Å². The number of benzene rings is 2. The maximum atomic E-state index is 8.65. The summed E-state index contributed by atoms with van der Waals surface area (Å²) in [5, 5.41) is 12.2. The Morgan fingerprint density at radius 2 is 1.81 bits per heavy atom. The third-order valence-electron chi connectivity index (χ3n) is 2.60. The summed E-state index contributed by atoms with van der Waals surface area (Å²) in [4.78, 5) is 0. The molecule has 0 aliphatic heterocycles. The van der Waals surface area contributed by atoms with Crippen molar-refractivity contribution in [2.45, 2.75) is 0 Å². The summed E-state index contributed by atoms with van der Waals surface area (Å²) < 4.78 is 12.0. The summed E-state index contributed by atoms with van der Waals surface area (Å²) in [6.07, 6.45) is 1.31. The molecular formula is C15H13BrClNO3. The Labute approximate surface area is 136 Å². The molecular weight excluding hydrogens is 358 g/mol. The number of rotatable bonds is 6. The monoisotopic (exact) mass is 369 g/mol. The van der Waals surface area contributed by atoms with Gasteiger partial charge in [-0.05, 0) is 30.3 Å². The fourth-order valence-corrected chi connectivity index (χ4v) is 2.25. The van der Waals surface area contributed by atoms with Crippen LogP contribution in [0.3, 0.4) is 0 Å². The van der Waals surface area contributed by atoms with E-state index in [2.05, 4.69) is 21.1 Å². The van der Waals surface area contributed by atoms with E-state index in [-0.39, 0.29) is 0 Å². The molecule has 0 aliphatic carbocycles. The van der Waals surface area contributed by atoms with Crippen LogP contribution in [0.25, 0.3) is 0 Å². The average Bonchev–Trinajstić information content (AvgIpc) is 2.47. The van der Waals surface area contributed by atoms with Crippen molar-refractivity contribution in [1.29, 1.82) is 0 Å². The van der Waals surface area contributed by atoms with Gasteiger partial charge in [-0.1, -0.05) is 44.8 Å². The van der Waals surface area contributed by atoms with Gasteiger partial charge in [-0.2, -0.15) is 0 Å². The molecule has 21 heavy (non-hydrogen) atoms. The second kappa shape index (κ2) is 7.90. The highest BCUT2D eigenvalue weighted by molar-refractivity contribution is 9.10. The number of oxime groups is 1. The molecule has 0 aromatic heterocycles. The zero-order chi connectivity index (χ0) is 15.1. The van der Waals surface area contributed by atoms with Crippen LogP contribution >= 0.6 is 27.5 Å². The minimum absolute atomic E-state index is 0.346. The lowest BCUT2D eigenvalue weighted by Gasteiger charge is -2.11. The Balaban J connectivity index is 1.90. The van der Waals surface area contributed by atoms with Crippen LogP contribution in [0.15, 0.2) is 52.1 Å². The molecule has 0 radical (unpaired) electrons. The first-order chi connectivity index (χ1) is 10.2. The Morgan fingerprint density at radius 1 is 1.10 bits per heavy atom. The van der Waals surface area contributed by atoms with E-state index >= 15 is 0 Å². The predicted octanol–water partition coefficient (Wildman–Crippen LogP) is 4.37. The fourth-order valence-electron chi connectivity index (χ4n) is 1.68. The first kappa shape index (κ1) is 15.7. The summed E-state index contributed by atoms with van der Waals surface area (Å²) >= 11 is 9.34. The van der Waals surface area contributed by atoms with Crippen molar-refractivity contribution in [2.75, 3.05) is 13.2 Å². The van der Waals surface area contributed by atoms with Crippen LogP contribution in [0.1, 0.15) is 5.56 Å². The van der Waals surface area contributed by atoms with E-state index in [1.807, 2.05) is 18.2 Å². The summed E-state index contributed by atoms with van der Waals surface area (Å²) in [6, 6.07) is 12.7. The third-order valence-corrected chi connectivity index (χ3v) is 3.41. The molecule has 2 aromatic rings. The molecule has 0 amide bonds. The second-order valence-electron chi connectivity index (χ2n) is 4.05. The molecule has 0 heterocycles. The van der Waals surface area contributed by atoms with Gasteiger partial charge in [-0.15, -0.1) is 0 Å². The molecule has 0 fully saturated rings. The minimum Gasteiger partial charge on any atom is -0.489 e. The Morgan fingerprint density at radius 3 is 2.52 bits per heavy atom. The van der Waals surface area contributed by atoms with E-state index in [1.165, 1.54) is 6.21 Å². The number of para-hydroxylation sites is 1. The molecule has 2 aromatic carbocycles. The van der Waals surface area contributed by atoms with Crippen molar-refractivity contribution < 1.29 is 14.7 Å². The van der Waals surface area contributed by atoms with Gasteiger partial charge in [0.25, 0.3) is 0 Å². The predicted molar refractivity (Wildman–Crippen MR) is 86.0 cm³/mol. The molecule has 0 unspecified atom stereocenters. The maximum Gasteiger partial charge on any atom is 0.138 e. The highest BCUT2D eigenvalue weighted by Crippen LogP contribution is 2.24. The number of halogens is 2. The molecule has 2 rings (SSSR count). The van der Waals surface area contributed by atoms with Crippen LogP contribution in [-0.2, 0) is 0 Å². The van der Waals surface area contributed by atoms with Gasteiger partial charge in [0, 0.05) is 10.0 Å². The normalized spacial score (nSPS) is 10.8. The standard InChI is InChI=1S/C15H13BrClNO3/c16-12-5-6-14(11(9-12)10-18-19)20-7-8-21-15-4-2-1-3-13(15)17/h1-6,9-10,19H,7-8H2. The molecule has 0 saturated carbocycles. The average molecular weight is 371 g/mol. The van der Waals surface area contributed by atoms with Gasteiger partial charge in [0.05, 0.1) is 11.2 Å². The number of nitrogens with zero attached hydrogens (tertiary/aromatic N) is 1. The number of ether oxygens (including phenoxy) is 2. The van der Waals surface area contributed by atoms with E-state index in [0.29, 0.717) is 35.3 Å². The summed E-state index contributed by atoms with van der Waals surface area (Å²) in [5.41, 5.74) is 0.671. The highest BCUT2D eigenvalue weighted by Gasteiger charge is 2.04. The van der Waals surface area contributed by atoms with Crippen molar-refractivity contribution in [3.05, 3.63) is 57.5 Å². The van der Waals surface area contributed by atoms with Gasteiger partial charge in [-0.3, -0.25) is 0 Å². The van der Waals surface area contributed by atoms with Crippen molar-refractivity contribution in [2.24, 2.45) is 5.16 Å². The number of hydrogen-bond donors (Lipinski definition) is 1. The summed E-state index contributed by atoms with van der Waals surface area (Å²) in [5.74, 6) is 1.23. The van der Waals surface area contributed by atoms with Crippen molar-refractivity contribution in [3.63, 3.8) is 0 Å². The molecule has 0 saturated heterocycles. The summed E-state index contributed by atoms with van der Waals surface area (Å²) in [7, 11) is 0. The third kappa shape index (κ3) is 4.65.